The van der Waals surface area contributed by atoms with E-state index < -0.39 is 5.91 Å². The number of aromatic nitrogens is 5. The Morgan fingerprint density at radius 2 is 1.85 bits per heavy atom. The first-order valence-corrected chi connectivity index (χ1v) is 15.7. The van der Waals surface area contributed by atoms with Crippen molar-refractivity contribution in [2.75, 3.05) is 13.6 Å². The molecule has 5 heterocycles. The van der Waals surface area contributed by atoms with E-state index in [1.807, 2.05) is 50.5 Å². The predicted octanol–water partition coefficient (Wildman–Crippen LogP) is 4.97. The lowest BCUT2D eigenvalue weighted by Gasteiger charge is -2.32. The standard InChI is InChI=1S/C36H36N8O3/c1-4-30-36(47)43(3)21-31-33(42-32(5-2)44(30)31)25-13-8-10-22-18-29(40-20-26(22)25)23-15-16-28(39-19-23)35(46)38-17-7-6-11-24-12-9-14-27(41-24)34(37)45/h6,8-16,18-20,30H,4-5,7,17,21H2,1-3H3,(H2,37,45)(H,38,46)/b11-6+. The van der Waals surface area contributed by atoms with Crippen molar-refractivity contribution in [1.82, 2.24) is 34.7 Å². The summed E-state index contributed by atoms with van der Waals surface area (Å²) in [6.07, 6.45) is 9.18. The van der Waals surface area contributed by atoms with Crippen LogP contribution in [0.5, 0.6) is 0 Å². The van der Waals surface area contributed by atoms with Gasteiger partial charge in [-0.1, -0.05) is 44.2 Å². The number of carbonyl (C=O) groups is 3. The zero-order valence-corrected chi connectivity index (χ0v) is 26.6. The maximum Gasteiger partial charge on any atom is 0.269 e. The zero-order valence-electron chi connectivity index (χ0n) is 26.6. The number of amides is 3. The Kier molecular flexibility index (Phi) is 8.88. The highest BCUT2D eigenvalue weighted by Gasteiger charge is 2.34. The summed E-state index contributed by atoms with van der Waals surface area (Å²) in [5, 5.41) is 4.85. The van der Waals surface area contributed by atoms with E-state index in [9.17, 15) is 14.4 Å². The molecule has 1 atom stereocenters. The number of benzene rings is 1. The summed E-state index contributed by atoms with van der Waals surface area (Å²) in [7, 11) is 1.85. The van der Waals surface area contributed by atoms with Gasteiger partial charge < -0.3 is 20.5 Å². The highest BCUT2D eigenvalue weighted by Crippen LogP contribution is 2.37. The topological polar surface area (TPSA) is 149 Å². The molecule has 0 saturated carbocycles. The molecule has 0 spiro atoms. The SMILES string of the molecule is CCc1nc(-c2cccc3cc(-c4ccc(C(=O)NCC/C=C/c5cccc(C(N)=O)n5)nc4)ncc23)c2n1C(CC)C(=O)N(C)C2. The van der Waals surface area contributed by atoms with Gasteiger partial charge in [0.2, 0.25) is 5.91 Å². The van der Waals surface area contributed by atoms with Crippen molar-refractivity contribution >= 4 is 34.6 Å². The van der Waals surface area contributed by atoms with Crippen LogP contribution in [-0.4, -0.2) is 60.7 Å². The van der Waals surface area contributed by atoms with Crippen LogP contribution in [0.2, 0.25) is 0 Å². The summed E-state index contributed by atoms with van der Waals surface area (Å²) in [5.41, 5.74) is 10.9. The first-order valence-electron chi connectivity index (χ1n) is 15.7. The number of primary amides is 1. The molecule has 1 aliphatic heterocycles. The zero-order chi connectivity index (χ0) is 33.1. The van der Waals surface area contributed by atoms with Crippen LogP contribution < -0.4 is 11.1 Å². The third kappa shape index (κ3) is 6.24. The number of rotatable bonds is 10. The third-order valence-electron chi connectivity index (χ3n) is 8.37. The van der Waals surface area contributed by atoms with Gasteiger partial charge in [0, 0.05) is 48.9 Å². The predicted molar refractivity (Wildman–Crippen MR) is 180 cm³/mol. The molecular weight excluding hydrogens is 592 g/mol. The van der Waals surface area contributed by atoms with Crippen molar-refractivity contribution in [3.8, 4) is 22.5 Å². The van der Waals surface area contributed by atoms with Gasteiger partial charge in [-0.3, -0.25) is 24.4 Å². The molecule has 11 nitrogen and oxygen atoms in total. The third-order valence-corrected chi connectivity index (χ3v) is 8.37. The number of nitrogens with zero attached hydrogens (tertiary/aromatic N) is 6. The number of nitrogens with one attached hydrogen (secondary N) is 1. The fraction of sp³-hybridized carbons (Fsp3) is 0.250. The Morgan fingerprint density at radius 3 is 2.60 bits per heavy atom. The Bertz CT molecular complexity index is 2020. The lowest BCUT2D eigenvalue weighted by atomic mass is 10.00. The maximum atomic E-state index is 12.9. The number of hydrogen-bond acceptors (Lipinski definition) is 7. The molecule has 4 aromatic heterocycles. The van der Waals surface area contributed by atoms with Gasteiger partial charge in [-0.05, 0) is 54.6 Å². The highest BCUT2D eigenvalue weighted by atomic mass is 16.2. The number of aryl methyl sites for hydroxylation is 1. The lowest BCUT2D eigenvalue weighted by Crippen LogP contribution is -2.40. The van der Waals surface area contributed by atoms with Crippen LogP contribution in [0.25, 0.3) is 39.4 Å². The van der Waals surface area contributed by atoms with E-state index in [0.29, 0.717) is 37.3 Å². The van der Waals surface area contributed by atoms with E-state index in [1.165, 1.54) is 0 Å². The molecule has 0 saturated heterocycles. The molecule has 1 aliphatic rings. The smallest absolute Gasteiger partial charge is 0.269 e. The Balaban J connectivity index is 1.16. The minimum atomic E-state index is -0.579. The number of carbonyl (C=O) groups excluding carboxylic acids is 3. The summed E-state index contributed by atoms with van der Waals surface area (Å²) in [4.78, 5) is 57.1. The van der Waals surface area contributed by atoms with Crippen molar-refractivity contribution in [2.45, 2.75) is 45.7 Å². The fourth-order valence-corrected chi connectivity index (χ4v) is 5.99. The number of imidazole rings is 1. The summed E-state index contributed by atoms with van der Waals surface area (Å²) in [5.74, 6) is 0.184. The van der Waals surface area contributed by atoms with Gasteiger partial charge in [-0.25, -0.2) is 9.97 Å². The van der Waals surface area contributed by atoms with E-state index in [1.54, 1.807) is 41.4 Å². The van der Waals surface area contributed by atoms with Crippen LogP contribution >= 0.6 is 0 Å². The molecule has 11 heteroatoms. The summed E-state index contributed by atoms with van der Waals surface area (Å²) in [6, 6.07) is 16.5. The van der Waals surface area contributed by atoms with Gasteiger partial charge in [0.15, 0.2) is 0 Å². The van der Waals surface area contributed by atoms with Gasteiger partial charge in [0.1, 0.15) is 23.3 Å². The van der Waals surface area contributed by atoms with Crippen LogP contribution in [0.4, 0.5) is 0 Å². The Hall–Kier alpha value is -5.71. The number of fused-ring (bicyclic) bond motifs is 2. The molecule has 1 unspecified atom stereocenters. The second-order valence-electron chi connectivity index (χ2n) is 11.5. The van der Waals surface area contributed by atoms with Crippen molar-refractivity contribution in [3.63, 3.8) is 0 Å². The second-order valence-corrected chi connectivity index (χ2v) is 11.5. The van der Waals surface area contributed by atoms with E-state index in [-0.39, 0.29) is 23.6 Å². The fourth-order valence-electron chi connectivity index (χ4n) is 5.99. The number of nitrogens with two attached hydrogens (primary N) is 1. The highest BCUT2D eigenvalue weighted by molar-refractivity contribution is 5.98. The molecule has 0 radical (unpaired) electrons. The first-order chi connectivity index (χ1) is 22.8. The quantitative estimate of drug-likeness (QED) is 0.207. The molecule has 5 aromatic rings. The summed E-state index contributed by atoms with van der Waals surface area (Å²) < 4.78 is 2.14. The number of pyridine rings is 3. The van der Waals surface area contributed by atoms with E-state index >= 15 is 0 Å². The number of likely N-dealkylation sites (N-methyl/N-ethyl adjacent to an activating group) is 1. The summed E-state index contributed by atoms with van der Waals surface area (Å²) in [6.45, 7) is 5.03. The van der Waals surface area contributed by atoms with E-state index in [0.717, 1.165) is 51.2 Å². The van der Waals surface area contributed by atoms with Crippen LogP contribution in [0, 0.1) is 0 Å². The summed E-state index contributed by atoms with van der Waals surface area (Å²) >= 11 is 0. The molecule has 0 bridgehead atoms. The molecule has 0 fully saturated rings. The molecular formula is C36H36N8O3. The number of hydrogen-bond donors (Lipinski definition) is 2. The molecule has 47 heavy (non-hydrogen) atoms. The van der Waals surface area contributed by atoms with E-state index in [4.69, 9.17) is 15.7 Å². The van der Waals surface area contributed by atoms with Crippen LogP contribution in [0.3, 0.4) is 0 Å². The van der Waals surface area contributed by atoms with Crippen LogP contribution in [0.15, 0.2) is 73.1 Å². The Morgan fingerprint density at radius 1 is 1.02 bits per heavy atom. The minimum Gasteiger partial charge on any atom is -0.364 e. The van der Waals surface area contributed by atoms with Crippen LogP contribution in [-0.2, 0) is 17.8 Å². The van der Waals surface area contributed by atoms with Gasteiger partial charge >= 0.3 is 0 Å². The van der Waals surface area contributed by atoms with E-state index in [2.05, 4.69) is 32.8 Å². The monoisotopic (exact) mass is 628 g/mol. The normalized spacial score (nSPS) is 14.5. The average molecular weight is 629 g/mol. The molecule has 3 amide bonds. The second kappa shape index (κ2) is 13.3. The molecule has 1 aromatic carbocycles. The van der Waals surface area contributed by atoms with Gasteiger partial charge in [0.25, 0.3) is 11.8 Å². The van der Waals surface area contributed by atoms with Crippen molar-refractivity contribution < 1.29 is 14.4 Å². The van der Waals surface area contributed by atoms with Gasteiger partial charge in [-0.15, -0.1) is 0 Å². The molecule has 0 aliphatic carbocycles. The average Bonchev–Trinajstić information content (AvgIpc) is 3.45. The molecule has 6 rings (SSSR count). The molecule has 238 valence electrons. The maximum absolute atomic E-state index is 12.9. The Labute approximate surface area is 272 Å². The van der Waals surface area contributed by atoms with Gasteiger partial charge in [-0.2, -0.15) is 0 Å². The first kappa shape index (κ1) is 31.3. The van der Waals surface area contributed by atoms with Gasteiger partial charge in [0.05, 0.1) is 29.3 Å². The van der Waals surface area contributed by atoms with Crippen molar-refractivity contribution in [1.29, 1.82) is 0 Å². The lowest BCUT2D eigenvalue weighted by molar-refractivity contribution is -0.136. The van der Waals surface area contributed by atoms with Crippen molar-refractivity contribution in [2.24, 2.45) is 5.73 Å². The van der Waals surface area contributed by atoms with Crippen LogP contribution in [0.1, 0.15) is 70.9 Å². The minimum absolute atomic E-state index is 0.121. The van der Waals surface area contributed by atoms with Crippen molar-refractivity contribution in [3.05, 3.63) is 102 Å². The largest absolute Gasteiger partial charge is 0.364 e. The molecule has 3 N–H and O–H groups in total.